The topological polar surface area (TPSA) is 66.5 Å². The van der Waals surface area contributed by atoms with Crippen molar-refractivity contribution in [1.82, 2.24) is 5.32 Å². The van der Waals surface area contributed by atoms with Crippen molar-refractivity contribution in [2.24, 2.45) is 0 Å². The summed E-state index contributed by atoms with van der Waals surface area (Å²) >= 11 is 1.49. The molecule has 0 aromatic heterocycles. The van der Waals surface area contributed by atoms with Gasteiger partial charge in [0.25, 0.3) is 10.0 Å². The molecular weight excluding hydrogens is 435 g/mol. The average Bonchev–Trinajstić information content (AvgIpc) is 2.79. The molecule has 3 aromatic rings. The molecule has 1 amide bonds. The lowest BCUT2D eigenvalue weighted by molar-refractivity contribution is -0.119. The number of rotatable bonds is 10. The van der Waals surface area contributed by atoms with Gasteiger partial charge in [-0.15, -0.1) is 0 Å². The molecule has 1 N–H and O–H groups in total. The van der Waals surface area contributed by atoms with Gasteiger partial charge in [0.15, 0.2) is 0 Å². The monoisotopic (exact) mass is 458 g/mol. The summed E-state index contributed by atoms with van der Waals surface area (Å²) < 4.78 is 41.0. The summed E-state index contributed by atoms with van der Waals surface area (Å²) in [6.45, 7) is 0.0190. The van der Waals surface area contributed by atoms with Crippen molar-refractivity contribution in [2.75, 3.05) is 23.1 Å². The summed E-state index contributed by atoms with van der Waals surface area (Å²) in [5.41, 5.74) is 1.03. The van der Waals surface area contributed by atoms with Crippen LogP contribution in [0.2, 0.25) is 0 Å². The molecule has 0 aliphatic carbocycles. The van der Waals surface area contributed by atoms with Crippen molar-refractivity contribution in [3.8, 4) is 0 Å². The van der Waals surface area contributed by atoms with E-state index in [2.05, 4.69) is 5.32 Å². The summed E-state index contributed by atoms with van der Waals surface area (Å²) in [6, 6.07) is 23.1. The largest absolute Gasteiger partial charge is 0.354 e. The molecular formula is C23H23FN2O3S2. The standard InChI is InChI=1S/C23H23FN2O3S2/c24-22-14-8-7-9-19(22)18-30-16-15-25-23(27)17-26(20-10-3-1-4-11-20)31(28,29)21-12-5-2-6-13-21/h1-14H,15-18H2,(H,25,27). The molecule has 0 saturated heterocycles. The van der Waals surface area contributed by atoms with E-state index in [-0.39, 0.29) is 17.3 Å². The van der Waals surface area contributed by atoms with Gasteiger partial charge in [-0.2, -0.15) is 11.8 Å². The number of carbonyl (C=O) groups is 1. The third kappa shape index (κ3) is 6.32. The van der Waals surface area contributed by atoms with Crippen molar-refractivity contribution in [2.45, 2.75) is 10.6 Å². The highest BCUT2D eigenvalue weighted by Crippen LogP contribution is 2.23. The Labute approximate surface area is 186 Å². The molecule has 0 unspecified atom stereocenters. The maximum absolute atomic E-state index is 13.6. The van der Waals surface area contributed by atoms with Crippen LogP contribution in [0.4, 0.5) is 10.1 Å². The Morgan fingerprint density at radius 2 is 1.52 bits per heavy atom. The summed E-state index contributed by atoms with van der Waals surface area (Å²) in [5.74, 6) is 0.427. The second kappa shape index (κ2) is 11.0. The van der Waals surface area contributed by atoms with Gasteiger partial charge in [-0.1, -0.05) is 54.6 Å². The zero-order valence-electron chi connectivity index (χ0n) is 16.8. The molecule has 0 aliphatic rings. The third-order valence-electron chi connectivity index (χ3n) is 4.45. The highest BCUT2D eigenvalue weighted by atomic mass is 32.2. The summed E-state index contributed by atoms with van der Waals surface area (Å²) in [5, 5.41) is 2.75. The average molecular weight is 459 g/mol. The molecule has 5 nitrogen and oxygen atoms in total. The van der Waals surface area contributed by atoms with Gasteiger partial charge in [0.05, 0.1) is 10.6 Å². The first kappa shape index (κ1) is 22.8. The number of nitrogens with zero attached hydrogens (tertiary/aromatic N) is 1. The van der Waals surface area contributed by atoms with Crippen molar-refractivity contribution in [3.63, 3.8) is 0 Å². The van der Waals surface area contributed by atoms with E-state index in [9.17, 15) is 17.6 Å². The van der Waals surface area contributed by atoms with Gasteiger partial charge >= 0.3 is 0 Å². The zero-order chi connectivity index (χ0) is 22.1. The number of sulfonamides is 1. The normalized spacial score (nSPS) is 11.1. The quantitative estimate of drug-likeness (QED) is 0.465. The lowest BCUT2D eigenvalue weighted by Crippen LogP contribution is -2.41. The van der Waals surface area contributed by atoms with Gasteiger partial charge < -0.3 is 5.32 Å². The second-order valence-corrected chi connectivity index (χ2v) is 9.62. The van der Waals surface area contributed by atoms with E-state index in [0.717, 1.165) is 4.31 Å². The van der Waals surface area contributed by atoms with Gasteiger partial charge in [0, 0.05) is 18.1 Å². The molecule has 31 heavy (non-hydrogen) atoms. The number of amides is 1. The number of carbonyl (C=O) groups excluding carboxylic acids is 1. The van der Waals surface area contributed by atoms with E-state index in [0.29, 0.717) is 29.3 Å². The van der Waals surface area contributed by atoms with Crippen LogP contribution in [-0.4, -0.2) is 33.2 Å². The molecule has 0 heterocycles. The molecule has 8 heteroatoms. The number of hydrogen-bond acceptors (Lipinski definition) is 4. The fourth-order valence-corrected chi connectivity index (χ4v) is 5.16. The highest BCUT2D eigenvalue weighted by Gasteiger charge is 2.26. The van der Waals surface area contributed by atoms with Crippen molar-refractivity contribution >= 4 is 33.4 Å². The third-order valence-corrected chi connectivity index (χ3v) is 7.24. The van der Waals surface area contributed by atoms with Crippen LogP contribution in [0.5, 0.6) is 0 Å². The molecule has 3 aromatic carbocycles. The number of anilines is 1. The Morgan fingerprint density at radius 1 is 0.903 bits per heavy atom. The number of nitrogens with one attached hydrogen (secondary N) is 1. The van der Waals surface area contributed by atoms with Gasteiger partial charge in [-0.3, -0.25) is 9.10 Å². The SMILES string of the molecule is O=C(CN(c1ccccc1)S(=O)(=O)c1ccccc1)NCCSCc1ccccc1F. The first-order valence-electron chi connectivity index (χ1n) is 9.69. The maximum Gasteiger partial charge on any atom is 0.264 e. The van der Waals surface area contributed by atoms with Crippen molar-refractivity contribution in [1.29, 1.82) is 0 Å². The number of thioether (sulfide) groups is 1. The van der Waals surface area contributed by atoms with Gasteiger partial charge in [-0.05, 0) is 35.9 Å². The molecule has 0 radical (unpaired) electrons. The number of para-hydroxylation sites is 1. The molecule has 0 fully saturated rings. The Hall–Kier alpha value is -2.84. The van der Waals surface area contributed by atoms with E-state index >= 15 is 0 Å². The van der Waals surface area contributed by atoms with Crippen molar-refractivity contribution in [3.05, 3.63) is 96.3 Å². The molecule has 162 valence electrons. The number of hydrogen-bond donors (Lipinski definition) is 1. The fourth-order valence-electron chi connectivity index (χ4n) is 2.88. The summed E-state index contributed by atoms with van der Waals surface area (Å²) in [6.07, 6.45) is 0. The molecule has 0 spiro atoms. The van der Waals surface area contributed by atoms with Gasteiger partial charge in [0.1, 0.15) is 12.4 Å². The minimum absolute atomic E-state index is 0.118. The second-order valence-electron chi connectivity index (χ2n) is 6.65. The van der Waals surface area contributed by atoms with Gasteiger partial charge in [0.2, 0.25) is 5.91 Å². The van der Waals surface area contributed by atoms with E-state index in [1.165, 1.54) is 30.0 Å². The Balaban J connectivity index is 1.60. The number of benzene rings is 3. The minimum atomic E-state index is -3.90. The highest BCUT2D eigenvalue weighted by molar-refractivity contribution is 7.98. The van der Waals surface area contributed by atoms with E-state index in [1.54, 1.807) is 66.7 Å². The van der Waals surface area contributed by atoms with Gasteiger partial charge in [-0.25, -0.2) is 12.8 Å². The van der Waals surface area contributed by atoms with Crippen LogP contribution in [0.1, 0.15) is 5.56 Å². The summed E-state index contributed by atoms with van der Waals surface area (Å²) in [4.78, 5) is 12.6. The van der Waals surface area contributed by atoms with Crippen LogP contribution < -0.4 is 9.62 Å². The first-order chi connectivity index (χ1) is 15.0. The maximum atomic E-state index is 13.6. The Morgan fingerprint density at radius 3 is 2.19 bits per heavy atom. The molecule has 0 bridgehead atoms. The van der Waals surface area contributed by atoms with Crippen molar-refractivity contribution < 1.29 is 17.6 Å². The zero-order valence-corrected chi connectivity index (χ0v) is 18.4. The minimum Gasteiger partial charge on any atom is -0.354 e. The van der Waals surface area contributed by atoms with E-state index in [4.69, 9.17) is 0 Å². The predicted molar refractivity (Wildman–Crippen MR) is 123 cm³/mol. The van der Waals surface area contributed by atoms with Crippen LogP contribution in [0.15, 0.2) is 89.8 Å². The summed E-state index contributed by atoms with van der Waals surface area (Å²) in [7, 11) is -3.90. The molecule has 0 saturated carbocycles. The predicted octanol–water partition coefficient (Wildman–Crippen LogP) is 4.07. The first-order valence-corrected chi connectivity index (χ1v) is 12.3. The van der Waals surface area contributed by atoms with Crippen LogP contribution in [0, 0.1) is 5.82 Å². The molecule has 0 atom stereocenters. The molecule has 3 rings (SSSR count). The Kier molecular flexibility index (Phi) is 8.08. The molecule has 0 aliphatic heterocycles. The van der Waals surface area contributed by atoms with E-state index in [1.807, 2.05) is 0 Å². The Bertz CT molecular complexity index is 1090. The lowest BCUT2D eigenvalue weighted by atomic mass is 10.2. The van der Waals surface area contributed by atoms with Crippen LogP contribution in [0.25, 0.3) is 0 Å². The van der Waals surface area contributed by atoms with E-state index < -0.39 is 15.9 Å². The lowest BCUT2D eigenvalue weighted by Gasteiger charge is -2.24. The number of halogens is 1. The smallest absolute Gasteiger partial charge is 0.264 e. The van der Waals surface area contributed by atoms with Crippen LogP contribution in [0.3, 0.4) is 0 Å². The van der Waals surface area contributed by atoms with Crippen LogP contribution in [-0.2, 0) is 20.6 Å². The van der Waals surface area contributed by atoms with Crippen LogP contribution >= 0.6 is 11.8 Å². The fraction of sp³-hybridized carbons (Fsp3) is 0.174.